The Labute approximate surface area is 121 Å². The van der Waals surface area contributed by atoms with Gasteiger partial charge in [-0.05, 0) is 24.1 Å². The fourth-order valence-electron chi connectivity index (χ4n) is 1.44. The van der Waals surface area contributed by atoms with Gasteiger partial charge in [-0.1, -0.05) is 6.07 Å². The molecule has 10 heteroatoms. The van der Waals surface area contributed by atoms with Gasteiger partial charge in [-0.3, -0.25) is 0 Å². The molecule has 1 atom stereocenters. The summed E-state index contributed by atoms with van der Waals surface area (Å²) in [6.07, 6.45) is -11.1. The maximum atomic E-state index is 13.3. The van der Waals surface area contributed by atoms with Gasteiger partial charge < -0.3 is 10.5 Å². The zero-order chi connectivity index (χ0) is 15.6. The van der Waals surface area contributed by atoms with Gasteiger partial charge in [-0.2, -0.15) is 13.2 Å². The zero-order valence-corrected chi connectivity index (χ0v) is 11.1. The molecule has 1 rings (SSSR count). The highest BCUT2D eigenvalue weighted by molar-refractivity contribution is 5.85. The normalized spacial score (nSPS) is 13.5. The van der Waals surface area contributed by atoms with E-state index in [0.29, 0.717) is 12.1 Å². The Kier molecular flexibility index (Phi) is 6.75. The molecule has 0 heterocycles. The van der Waals surface area contributed by atoms with E-state index < -0.39 is 43.0 Å². The molecule has 21 heavy (non-hydrogen) atoms. The van der Waals surface area contributed by atoms with Gasteiger partial charge in [-0.15, -0.1) is 25.6 Å². The SMILES string of the molecule is Cl.N[C@@H](CCC(F)(F)F)c1ccc(OC(F)(F)F)c(F)c1. The van der Waals surface area contributed by atoms with E-state index in [9.17, 15) is 30.7 Å². The smallest absolute Gasteiger partial charge is 0.403 e. The summed E-state index contributed by atoms with van der Waals surface area (Å²) in [7, 11) is 0. The molecular formula is C11H11ClF7NO. The molecule has 1 aromatic carbocycles. The van der Waals surface area contributed by atoms with Crippen LogP contribution in [0.3, 0.4) is 0 Å². The second-order valence-electron chi connectivity index (χ2n) is 4.00. The maximum Gasteiger partial charge on any atom is 0.573 e. The lowest BCUT2D eigenvalue weighted by Crippen LogP contribution is -2.19. The minimum Gasteiger partial charge on any atom is -0.403 e. The van der Waals surface area contributed by atoms with Crippen LogP contribution in [0.5, 0.6) is 5.75 Å². The van der Waals surface area contributed by atoms with Crippen LogP contribution < -0.4 is 10.5 Å². The number of rotatable bonds is 4. The van der Waals surface area contributed by atoms with Crippen LogP contribution in [0.2, 0.25) is 0 Å². The molecule has 2 N–H and O–H groups in total. The minimum atomic E-state index is -5.05. The molecule has 0 bridgehead atoms. The van der Waals surface area contributed by atoms with Gasteiger partial charge in [0.25, 0.3) is 0 Å². The summed E-state index contributed by atoms with van der Waals surface area (Å²) < 4.78 is 88.3. The minimum absolute atomic E-state index is 0. The zero-order valence-electron chi connectivity index (χ0n) is 10.3. The van der Waals surface area contributed by atoms with Crippen molar-refractivity contribution in [2.75, 3.05) is 0 Å². The highest BCUT2D eigenvalue weighted by Crippen LogP contribution is 2.30. The Morgan fingerprint density at radius 2 is 1.67 bits per heavy atom. The van der Waals surface area contributed by atoms with E-state index in [-0.39, 0.29) is 18.0 Å². The van der Waals surface area contributed by atoms with Crippen LogP contribution in [-0.4, -0.2) is 12.5 Å². The summed E-state index contributed by atoms with van der Waals surface area (Å²) in [6.45, 7) is 0. The van der Waals surface area contributed by atoms with Crippen LogP contribution >= 0.6 is 12.4 Å². The fourth-order valence-corrected chi connectivity index (χ4v) is 1.44. The van der Waals surface area contributed by atoms with Crippen LogP contribution in [0, 0.1) is 5.82 Å². The molecule has 0 radical (unpaired) electrons. The molecule has 0 saturated heterocycles. The monoisotopic (exact) mass is 341 g/mol. The predicted octanol–water partition coefficient (Wildman–Crippen LogP) is 4.49. The standard InChI is InChI=1S/C11H10F7NO.ClH/c12-7-5-6(8(19)3-4-10(13,14)15)1-2-9(7)20-11(16,17)18;/h1-2,5,8H,3-4,19H2;1H/t8-;/m0./s1. The van der Waals surface area contributed by atoms with Crippen molar-refractivity contribution in [3.05, 3.63) is 29.6 Å². The highest BCUT2D eigenvalue weighted by atomic mass is 35.5. The number of benzene rings is 1. The number of nitrogens with two attached hydrogens (primary N) is 1. The molecule has 0 aliphatic carbocycles. The number of hydrogen-bond acceptors (Lipinski definition) is 2. The Morgan fingerprint density at radius 3 is 2.10 bits per heavy atom. The fraction of sp³-hybridized carbons (Fsp3) is 0.455. The van der Waals surface area contributed by atoms with Crippen molar-refractivity contribution in [2.45, 2.75) is 31.4 Å². The first-order valence-corrected chi connectivity index (χ1v) is 5.35. The second-order valence-corrected chi connectivity index (χ2v) is 4.00. The number of ether oxygens (including phenoxy) is 1. The van der Waals surface area contributed by atoms with Gasteiger partial charge in [0.05, 0.1) is 0 Å². The lowest BCUT2D eigenvalue weighted by atomic mass is 10.0. The number of alkyl halides is 6. The molecule has 122 valence electrons. The van der Waals surface area contributed by atoms with Crippen molar-refractivity contribution in [1.29, 1.82) is 0 Å². The molecule has 0 saturated carbocycles. The first kappa shape index (κ1) is 19.8. The average Bonchev–Trinajstić information content (AvgIpc) is 2.26. The summed E-state index contributed by atoms with van der Waals surface area (Å²) in [5.41, 5.74) is 5.38. The maximum absolute atomic E-state index is 13.3. The van der Waals surface area contributed by atoms with E-state index in [1.807, 2.05) is 0 Å². The molecule has 2 nitrogen and oxygen atoms in total. The molecule has 0 fully saturated rings. The van der Waals surface area contributed by atoms with E-state index >= 15 is 0 Å². The predicted molar refractivity (Wildman–Crippen MR) is 62.5 cm³/mol. The third kappa shape index (κ3) is 7.37. The summed E-state index contributed by atoms with van der Waals surface area (Å²) in [5, 5.41) is 0. The highest BCUT2D eigenvalue weighted by Gasteiger charge is 2.32. The third-order valence-corrected chi connectivity index (χ3v) is 2.35. The third-order valence-electron chi connectivity index (χ3n) is 2.35. The summed E-state index contributed by atoms with van der Waals surface area (Å²) in [6, 6.07) is 1.16. The topological polar surface area (TPSA) is 35.2 Å². The first-order valence-electron chi connectivity index (χ1n) is 5.35. The second kappa shape index (κ2) is 7.17. The molecule has 0 aromatic heterocycles. The average molecular weight is 342 g/mol. The largest absolute Gasteiger partial charge is 0.573 e. The van der Waals surface area contributed by atoms with Gasteiger partial charge >= 0.3 is 12.5 Å². The summed E-state index contributed by atoms with van der Waals surface area (Å²) >= 11 is 0. The van der Waals surface area contributed by atoms with Crippen LogP contribution in [0.15, 0.2) is 18.2 Å². The van der Waals surface area contributed by atoms with Gasteiger partial charge in [0.1, 0.15) is 0 Å². The van der Waals surface area contributed by atoms with Crippen LogP contribution in [-0.2, 0) is 0 Å². The van der Waals surface area contributed by atoms with Gasteiger partial charge in [-0.25, -0.2) is 4.39 Å². The van der Waals surface area contributed by atoms with Crippen molar-refractivity contribution in [1.82, 2.24) is 0 Å². The van der Waals surface area contributed by atoms with Gasteiger partial charge in [0.15, 0.2) is 11.6 Å². The Bertz CT molecular complexity index is 461. The van der Waals surface area contributed by atoms with E-state index in [0.717, 1.165) is 6.07 Å². The lowest BCUT2D eigenvalue weighted by Gasteiger charge is -2.15. The molecule has 0 amide bonds. The lowest BCUT2D eigenvalue weighted by molar-refractivity contribution is -0.275. The van der Waals surface area contributed by atoms with Crippen LogP contribution in [0.1, 0.15) is 24.4 Å². The van der Waals surface area contributed by atoms with Gasteiger partial charge in [0.2, 0.25) is 0 Å². The van der Waals surface area contributed by atoms with Crippen LogP contribution in [0.25, 0.3) is 0 Å². The molecule has 1 aromatic rings. The quantitative estimate of drug-likeness (QED) is 0.819. The Hall–Kier alpha value is -1.22. The van der Waals surface area contributed by atoms with E-state index in [4.69, 9.17) is 5.73 Å². The van der Waals surface area contributed by atoms with Crippen LogP contribution in [0.4, 0.5) is 30.7 Å². The van der Waals surface area contributed by atoms with Gasteiger partial charge in [0, 0.05) is 12.5 Å². The first-order chi connectivity index (χ1) is 8.98. The number of halogens is 8. The van der Waals surface area contributed by atoms with Crippen molar-refractivity contribution >= 4 is 12.4 Å². The number of hydrogen-bond donors (Lipinski definition) is 1. The summed E-state index contributed by atoms with van der Waals surface area (Å²) in [4.78, 5) is 0. The van der Waals surface area contributed by atoms with E-state index in [2.05, 4.69) is 4.74 Å². The molecule has 0 spiro atoms. The van der Waals surface area contributed by atoms with Crippen molar-refractivity contribution in [3.8, 4) is 5.75 Å². The molecule has 0 aliphatic heterocycles. The van der Waals surface area contributed by atoms with E-state index in [1.165, 1.54) is 0 Å². The molecule has 0 unspecified atom stereocenters. The summed E-state index contributed by atoms with van der Waals surface area (Å²) in [5.74, 6) is -2.41. The van der Waals surface area contributed by atoms with Crippen molar-refractivity contribution in [2.24, 2.45) is 5.73 Å². The molecular weight excluding hydrogens is 331 g/mol. The van der Waals surface area contributed by atoms with Crippen molar-refractivity contribution in [3.63, 3.8) is 0 Å². The van der Waals surface area contributed by atoms with E-state index in [1.54, 1.807) is 0 Å². The molecule has 0 aliphatic rings. The Balaban J connectivity index is 0.00000400. The Morgan fingerprint density at radius 1 is 1.10 bits per heavy atom. The van der Waals surface area contributed by atoms with Crippen molar-refractivity contribution < 1.29 is 35.5 Å².